The number of rotatable bonds is 2. The molecule has 0 bridgehead atoms. The van der Waals surface area contributed by atoms with Crippen molar-refractivity contribution >= 4 is 34.4 Å². The van der Waals surface area contributed by atoms with E-state index in [9.17, 15) is 4.79 Å². The van der Waals surface area contributed by atoms with Crippen molar-refractivity contribution in [3.63, 3.8) is 0 Å². The molecular weight excluding hydrogens is 283 g/mol. The number of nitrogens with one attached hydrogen (secondary N) is 1. The standard InChI is InChI=1S/C8H9IN2O2/c1-2-13-8(12)11-6-4-3-5-10-7(6)9/h3-5H,2H2,1H3,(H,11,12). The minimum atomic E-state index is -0.451. The molecular formula is C8H9IN2O2. The van der Waals surface area contributed by atoms with E-state index in [1.54, 1.807) is 25.3 Å². The maximum atomic E-state index is 11.0. The third-order valence-electron chi connectivity index (χ3n) is 1.27. The second-order valence-corrected chi connectivity index (χ2v) is 3.21. The molecule has 13 heavy (non-hydrogen) atoms. The molecule has 0 aliphatic heterocycles. The first kappa shape index (κ1) is 10.2. The molecule has 4 nitrogen and oxygen atoms in total. The van der Waals surface area contributed by atoms with E-state index >= 15 is 0 Å². The van der Waals surface area contributed by atoms with E-state index in [1.807, 2.05) is 22.6 Å². The van der Waals surface area contributed by atoms with Gasteiger partial charge in [0.05, 0.1) is 12.3 Å². The van der Waals surface area contributed by atoms with Crippen LogP contribution in [0.2, 0.25) is 0 Å². The Labute approximate surface area is 89.8 Å². The molecule has 70 valence electrons. The van der Waals surface area contributed by atoms with E-state index in [-0.39, 0.29) is 0 Å². The van der Waals surface area contributed by atoms with Gasteiger partial charge in [0.25, 0.3) is 0 Å². The summed E-state index contributed by atoms with van der Waals surface area (Å²) >= 11 is 2.04. The third kappa shape index (κ3) is 3.17. The number of amides is 1. The topological polar surface area (TPSA) is 51.2 Å². The fraction of sp³-hybridized carbons (Fsp3) is 0.250. The summed E-state index contributed by atoms with van der Waals surface area (Å²) in [4.78, 5) is 15.0. The molecule has 0 atom stereocenters. The monoisotopic (exact) mass is 292 g/mol. The summed E-state index contributed by atoms with van der Waals surface area (Å²) in [6.07, 6.45) is 1.21. The SMILES string of the molecule is CCOC(=O)Nc1cccnc1I. The zero-order valence-electron chi connectivity index (χ0n) is 7.08. The van der Waals surface area contributed by atoms with Crippen molar-refractivity contribution in [2.45, 2.75) is 6.92 Å². The highest BCUT2D eigenvalue weighted by molar-refractivity contribution is 14.1. The van der Waals surface area contributed by atoms with Crippen LogP contribution in [-0.4, -0.2) is 17.7 Å². The molecule has 0 aromatic carbocycles. The number of carbonyl (C=O) groups is 1. The smallest absolute Gasteiger partial charge is 0.411 e. The van der Waals surface area contributed by atoms with Crippen molar-refractivity contribution in [2.24, 2.45) is 0 Å². The van der Waals surface area contributed by atoms with Crippen LogP contribution in [0.3, 0.4) is 0 Å². The Balaban J connectivity index is 2.63. The summed E-state index contributed by atoms with van der Waals surface area (Å²) < 4.78 is 5.46. The van der Waals surface area contributed by atoms with Crippen molar-refractivity contribution in [2.75, 3.05) is 11.9 Å². The first-order valence-corrected chi connectivity index (χ1v) is 4.86. The molecule has 0 saturated heterocycles. The van der Waals surface area contributed by atoms with Gasteiger partial charge in [0, 0.05) is 6.20 Å². The quantitative estimate of drug-likeness (QED) is 0.672. The molecule has 1 aromatic heterocycles. The number of hydrogen-bond acceptors (Lipinski definition) is 3. The Morgan fingerprint density at radius 1 is 1.77 bits per heavy atom. The first-order valence-electron chi connectivity index (χ1n) is 3.78. The van der Waals surface area contributed by atoms with Crippen LogP contribution in [0.5, 0.6) is 0 Å². The molecule has 0 radical (unpaired) electrons. The number of aromatic nitrogens is 1. The third-order valence-corrected chi connectivity index (χ3v) is 2.13. The van der Waals surface area contributed by atoms with Crippen LogP contribution in [0.4, 0.5) is 10.5 Å². The molecule has 5 heteroatoms. The van der Waals surface area contributed by atoms with Crippen molar-refractivity contribution in [3.05, 3.63) is 22.0 Å². The lowest BCUT2D eigenvalue weighted by Crippen LogP contribution is -2.14. The molecule has 1 N–H and O–H groups in total. The van der Waals surface area contributed by atoms with E-state index < -0.39 is 6.09 Å². The van der Waals surface area contributed by atoms with Gasteiger partial charge >= 0.3 is 6.09 Å². The second-order valence-electron chi connectivity index (χ2n) is 2.19. The number of hydrogen-bond donors (Lipinski definition) is 1. The van der Waals surface area contributed by atoms with E-state index in [0.717, 1.165) is 3.70 Å². The lowest BCUT2D eigenvalue weighted by Gasteiger charge is -2.05. The highest BCUT2D eigenvalue weighted by atomic mass is 127. The van der Waals surface area contributed by atoms with Crippen LogP contribution in [0.15, 0.2) is 18.3 Å². The van der Waals surface area contributed by atoms with Crippen LogP contribution in [0.25, 0.3) is 0 Å². The maximum absolute atomic E-state index is 11.0. The number of anilines is 1. The van der Waals surface area contributed by atoms with Gasteiger partial charge < -0.3 is 4.74 Å². The summed E-state index contributed by atoms with van der Waals surface area (Å²) in [7, 11) is 0. The van der Waals surface area contributed by atoms with Crippen LogP contribution in [0, 0.1) is 3.70 Å². The predicted molar refractivity (Wildman–Crippen MR) is 57.6 cm³/mol. The highest BCUT2D eigenvalue weighted by Gasteiger charge is 2.04. The molecule has 0 aliphatic rings. The van der Waals surface area contributed by atoms with E-state index in [4.69, 9.17) is 4.74 Å². The largest absolute Gasteiger partial charge is 0.450 e. The lowest BCUT2D eigenvalue weighted by molar-refractivity contribution is 0.168. The molecule has 1 aromatic rings. The Morgan fingerprint density at radius 2 is 2.54 bits per heavy atom. The van der Waals surface area contributed by atoms with Gasteiger partial charge in [-0.25, -0.2) is 9.78 Å². The van der Waals surface area contributed by atoms with E-state index in [1.165, 1.54) is 0 Å². The van der Waals surface area contributed by atoms with Crippen LogP contribution >= 0.6 is 22.6 Å². The summed E-state index contributed by atoms with van der Waals surface area (Å²) in [5, 5.41) is 2.58. The molecule has 0 fully saturated rings. The van der Waals surface area contributed by atoms with Gasteiger partial charge in [0.2, 0.25) is 0 Å². The van der Waals surface area contributed by atoms with Crippen molar-refractivity contribution in [1.82, 2.24) is 4.98 Å². The number of ether oxygens (including phenoxy) is 1. The summed E-state index contributed by atoms with van der Waals surface area (Å²) in [6.45, 7) is 2.12. The van der Waals surface area contributed by atoms with Crippen molar-refractivity contribution < 1.29 is 9.53 Å². The summed E-state index contributed by atoms with van der Waals surface area (Å²) in [5.41, 5.74) is 0.668. The average molecular weight is 292 g/mol. The molecule has 1 heterocycles. The van der Waals surface area contributed by atoms with Gasteiger partial charge in [-0.1, -0.05) is 0 Å². The minimum absolute atomic E-state index is 0.364. The van der Waals surface area contributed by atoms with E-state index in [0.29, 0.717) is 12.3 Å². The molecule has 0 aliphatic carbocycles. The Hall–Kier alpha value is -0.850. The molecule has 0 saturated carbocycles. The van der Waals surface area contributed by atoms with Gasteiger partial charge in [-0.3, -0.25) is 5.32 Å². The van der Waals surface area contributed by atoms with E-state index in [2.05, 4.69) is 10.3 Å². The molecule has 1 rings (SSSR count). The summed E-state index contributed by atoms with van der Waals surface area (Å²) in [6, 6.07) is 3.52. The van der Waals surface area contributed by atoms with Gasteiger partial charge in [-0.15, -0.1) is 0 Å². The van der Waals surface area contributed by atoms with Crippen molar-refractivity contribution in [3.8, 4) is 0 Å². The first-order chi connectivity index (χ1) is 6.24. The fourth-order valence-electron chi connectivity index (χ4n) is 0.756. The van der Waals surface area contributed by atoms with Gasteiger partial charge in [-0.05, 0) is 41.6 Å². The predicted octanol–water partition coefficient (Wildman–Crippen LogP) is 2.25. The number of nitrogens with zero attached hydrogens (tertiary/aromatic N) is 1. The normalized spacial score (nSPS) is 9.38. The fourth-order valence-corrected chi connectivity index (χ4v) is 1.23. The summed E-state index contributed by atoms with van der Waals surface area (Å²) in [5.74, 6) is 0. The van der Waals surface area contributed by atoms with Gasteiger partial charge in [-0.2, -0.15) is 0 Å². The van der Waals surface area contributed by atoms with Crippen LogP contribution in [0.1, 0.15) is 6.92 Å². The Morgan fingerprint density at radius 3 is 3.15 bits per heavy atom. The van der Waals surface area contributed by atoms with Gasteiger partial charge in [0.15, 0.2) is 0 Å². The number of pyridine rings is 1. The zero-order valence-corrected chi connectivity index (χ0v) is 9.24. The Bertz CT molecular complexity index is 304. The Kier molecular flexibility index (Phi) is 3.94. The molecule has 0 spiro atoms. The average Bonchev–Trinajstić information content (AvgIpc) is 2.09. The van der Waals surface area contributed by atoms with Crippen molar-refractivity contribution in [1.29, 1.82) is 0 Å². The number of carbonyl (C=O) groups excluding carboxylic acids is 1. The number of halogens is 1. The second kappa shape index (κ2) is 5.00. The lowest BCUT2D eigenvalue weighted by atomic mass is 10.4. The molecule has 1 amide bonds. The molecule has 0 unspecified atom stereocenters. The van der Waals surface area contributed by atoms with Gasteiger partial charge in [0.1, 0.15) is 3.70 Å². The highest BCUT2D eigenvalue weighted by Crippen LogP contribution is 2.13. The minimum Gasteiger partial charge on any atom is -0.450 e. The van der Waals surface area contributed by atoms with Crippen LogP contribution in [-0.2, 0) is 4.74 Å². The maximum Gasteiger partial charge on any atom is 0.411 e. The van der Waals surface area contributed by atoms with Crippen LogP contribution < -0.4 is 5.32 Å². The zero-order chi connectivity index (χ0) is 9.68.